The van der Waals surface area contributed by atoms with Crippen molar-refractivity contribution in [1.82, 2.24) is 5.32 Å². The van der Waals surface area contributed by atoms with E-state index in [1.54, 1.807) is 6.07 Å². The molecule has 166 valence electrons. The van der Waals surface area contributed by atoms with Gasteiger partial charge in [-0.2, -0.15) is 0 Å². The molecule has 0 amide bonds. The highest BCUT2D eigenvalue weighted by atomic mass is 35.5. The molecular weight excluding hydrogens is 442 g/mol. The molecule has 0 aliphatic heterocycles. The van der Waals surface area contributed by atoms with Gasteiger partial charge in [-0.05, 0) is 62.1 Å². The van der Waals surface area contributed by atoms with Crippen LogP contribution < -0.4 is 5.32 Å². The molecule has 0 bridgehead atoms. The van der Waals surface area contributed by atoms with Crippen molar-refractivity contribution >= 4 is 30.0 Å². The number of aliphatic hydroxyl groups excluding tert-OH is 1. The lowest BCUT2D eigenvalue weighted by Gasteiger charge is -2.28. The lowest BCUT2D eigenvalue weighted by atomic mass is 9.94. The highest BCUT2D eigenvalue weighted by Gasteiger charge is 2.23. The van der Waals surface area contributed by atoms with Gasteiger partial charge in [0, 0.05) is 24.1 Å². The number of aliphatic hydroxyl groups is 1. The van der Waals surface area contributed by atoms with Crippen LogP contribution in [-0.2, 0) is 17.6 Å². The summed E-state index contributed by atoms with van der Waals surface area (Å²) in [7, 11) is 0. The number of rotatable bonds is 9. The quantitative estimate of drug-likeness (QED) is 0.495. The summed E-state index contributed by atoms with van der Waals surface area (Å²) < 4.78 is 41.3. The van der Waals surface area contributed by atoms with Crippen molar-refractivity contribution in [3.05, 3.63) is 69.5 Å². The van der Waals surface area contributed by atoms with Crippen LogP contribution >= 0.6 is 24.0 Å². The van der Waals surface area contributed by atoms with Crippen molar-refractivity contribution in [2.45, 2.75) is 44.8 Å². The van der Waals surface area contributed by atoms with Crippen LogP contribution in [-0.4, -0.2) is 28.3 Å². The molecule has 0 heterocycles. The smallest absolute Gasteiger partial charge is 0.303 e. The lowest BCUT2D eigenvalue weighted by Crippen LogP contribution is -2.43. The monoisotopic (exact) mass is 465 g/mol. The number of carbonyl (C=O) groups is 1. The van der Waals surface area contributed by atoms with Crippen molar-refractivity contribution in [1.29, 1.82) is 0 Å². The van der Waals surface area contributed by atoms with E-state index in [9.17, 15) is 23.1 Å². The molecule has 0 fully saturated rings. The standard InChI is InChI=1S/C21H23ClF3NO3.ClH/c1-21(2,10-13-3-5-16(23)15(22)8-13)26-11-18(27)14-7-12(4-6-19(28)29)9-17(24)20(14)25;/h3,5,7-9,18,26-27H,4,6,10-11H2,1-2H3,(H,28,29);1H/t18-;/m1./s1. The molecule has 0 spiro atoms. The Morgan fingerprint density at radius 1 is 1.13 bits per heavy atom. The van der Waals surface area contributed by atoms with Gasteiger partial charge < -0.3 is 15.5 Å². The Hall–Kier alpha value is -1.80. The third kappa shape index (κ3) is 7.47. The third-order valence-electron chi connectivity index (χ3n) is 4.51. The minimum atomic E-state index is -1.34. The van der Waals surface area contributed by atoms with Crippen LogP contribution in [0.1, 0.15) is 43.1 Å². The van der Waals surface area contributed by atoms with Crippen molar-refractivity contribution in [3.8, 4) is 0 Å². The summed E-state index contributed by atoms with van der Waals surface area (Å²) in [5, 5.41) is 22.2. The number of benzene rings is 2. The number of aryl methyl sites for hydroxylation is 1. The number of hydrogen-bond acceptors (Lipinski definition) is 3. The molecule has 0 saturated carbocycles. The van der Waals surface area contributed by atoms with Crippen LogP contribution in [0.3, 0.4) is 0 Å². The Kier molecular flexibility index (Phi) is 9.62. The summed E-state index contributed by atoms with van der Waals surface area (Å²) in [5.41, 5.74) is 0.272. The minimum Gasteiger partial charge on any atom is -0.481 e. The van der Waals surface area contributed by atoms with Crippen LogP contribution in [0.15, 0.2) is 30.3 Å². The van der Waals surface area contributed by atoms with E-state index < -0.39 is 35.1 Å². The SMILES string of the molecule is CC(C)(Cc1ccc(F)c(Cl)c1)NC[C@@H](O)c1cc(CCC(=O)O)cc(F)c1F.Cl. The second-order valence-corrected chi connectivity index (χ2v) is 7.99. The molecular formula is C21H24Cl2F3NO3. The summed E-state index contributed by atoms with van der Waals surface area (Å²) in [6, 6.07) is 6.59. The number of carboxylic acids is 1. The van der Waals surface area contributed by atoms with Gasteiger partial charge >= 0.3 is 5.97 Å². The molecule has 0 radical (unpaired) electrons. The average molecular weight is 466 g/mol. The van der Waals surface area contributed by atoms with Gasteiger partial charge in [-0.3, -0.25) is 4.79 Å². The normalized spacial score (nSPS) is 12.4. The summed E-state index contributed by atoms with van der Waals surface area (Å²) in [6.45, 7) is 3.62. The van der Waals surface area contributed by atoms with Gasteiger partial charge in [0.25, 0.3) is 0 Å². The highest BCUT2D eigenvalue weighted by Crippen LogP contribution is 2.24. The maximum Gasteiger partial charge on any atom is 0.303 e. The summed E-state index contributed by atoms with van der Waals surface area (Å²) in [5.74, 6) is -3.87. The first kappa shape index (κ1) is 26.2. The van der Waals surface area contributed by atoms with Gasteiger partial charge in [-0.15, -0.1) is 12.4 Å². The maximum atomic E-state index is 14.2. The van der Waals surface area contributed by atoms with E-state index in [-0.39, 0.29) is 42.4 Å². The van der Waals surface area contributed by atoms with E-state index in [1.165, 1.54) is 18.2 Å². The van der Waals surface area contributed by atoms with E-state index in [0.717, 1.165) is 11.6 Å². The number of hydrogen-bond donors (Lipinski definition) is 3. The highest BCUT2D eigenvalue weighted by molar-refractivity contribution is 6.30. The number of nitrogens with one attached hydrogen (secondary N) is 1. The Morgan fingerprint density at radius 3 is 2.40 bits per heavy atom. The zero-order valence-corrected chi connectivity index (χ0v) is 18.1. The Labute approximate surface area is 184 Å². The molecule has 0 aliphatic carbocycles. The first-order chi connectivity index (χ1) is 13.5. The van der Waals surface area contributed by atoms with Gasteiger partial charge in [0.2, 0.25) is 0 Å². The molecule has 0 aromatic heterocycles. The zero-order chi connectivity index (χ0) is 21.8. The van der Waals surface area contributed by atoms with Crippen molar-refractivity contribution < 1.29 is 28.2 Å². The molecule has 4 nitrogen and oxygen atoms in total. The van der Waals surface area contributed by atoms with Crippen LogP contribution in [0.25, 0.3) is 0 Å². The van der Waals surface area contributed by atoms with E-state index in [4.69, 9.17) is 16.7 Å². The van der Waals surface area contributed by atoms with Gasteiger partial charge in [-0.1, -0.05) is 17.7 Å². The summed E-state index contributed by atoms with van der Waals surface area (Å²) in [6.07, 6.45) is -1.09. The van der Waals surface area contributed by atoms with Crippen LogP contribution in [0.5, 0.6) is 0 Å². The fraction of sp³-hybridized carbons (Fsp3) is 0.381. The van der Waals surface area contributed by atoms with Gasteiger partial charge in [0.15, 0.2) is 11.6 Å². The topological polar surface area (TPSA) is 69.6 Å². The van der Waals surface area contributed by atoms with E-state index in [1.807, 2.05) is 13.8 Å². The molecule has 1 atom stereocenters. The van der Waals surface area contributed by atoms with E-state index in [0.29, 0.717) is 12.0 Å². The maximum absolute atomic E-state index is 14.2. The number of halogens is 5. The Morgan fingerprint density at radius 2 is 1.80 bits per heavy atom. The molecule has 2 aromatic rings. The van der Waals surface area contributed by atoms with Gasteiger partial charge in [-0.25, -0.2) is 13.2 Å². The lowest BCUT2D eigenvalue weighted by molar-refractivity contribution is -0.136. The van der Waals surface area contributed by atoms with E-state index in [2.05, 4.69) is 5.32 Å². The number of β-amino-alcohol motifs (C(OH)–C–C–N with tert-alkyl or cyclic N) is 1. The van der Waals surface area contributed by atoms with Crippen molar-refractivity contribution in [2.24, 2.45) is 0 Å². The minimum absolute atomic E-state index is 0. The predicted molar refractivity (Wildman–Crippen MR) is 112 cm³/mol. The first-order valence-electron chi connectivity index (χ1n) is 9.05. The first-order valence-corrected chi connectivity index (χ1v) is 9.43. The molecule has 0 saturated heterocycles. The predicted octanol–water partition coefficient (Wildman–Crippen LogP) is 4.84. The Bertz CT molecular complexity index is 894. The molecule has 9 heteroatoms. The molecule has 2 rings (SSSR count). The fourth-order valence-electron chi connectivity index (χ4n) is 3.01. The average Bonchev–Trinajstić information content (AvgIpc) is 2.63. The molecule has 0 aliphatic rings. The van der Waals surface area contributed by atoms with Crippen LogP contribution in [0.4, 0.5) is 13.2 Å². The fourth-order valence-corrected chi connectivity index (χ4v) is 3.22. The molecule has 0 unspecified atom stereocenters. The Balaban J connectivity index is 0.00000450. The largest absolute Gasteiger partial charge is 0.481 e. The van der Waals surface area contributed by atoms with Crippen LogP contribution in [0, 0.1) is 17.5 Å². The zero-order valence-electron chi connectivity index (χ0n) is 16.5. The van der Waals surface area contributed by atoms with E-state index >= 15 is 0 Å². The third-order valence-corrected chi connectivity index (χ3v) is 4.80. The second kappa shape index (κ2) is 11.0. The van der Waals surface area contributed by atoms with Crippen molar-refractivity contribution in [2.75, 3.05) is 6.54 Å². The second-order valence-electron chi connectivity index (χ2n) is 7.58. The molecule has 3 N–H and O–H groups in total. The van der Waals surface area contributed by atoms with Crippen molar-refractivity contribution in [3.63, 3.8) is 0 Å². The number of aliphatic carboxylic acids is 1. The van der Waals surface area contributed by atoms with Gasteiger partial charge in [0.05, 0.1) is 11.1 Å². The summed E-state index contributed by atoms with van der Waals surface area (Å²) in [4.78, 5) is 10.7. The number of carboxylic acid groups (broad SMARTS) is 1. The summed E-state index contributed by atoms with van der Waals surface area (Å²) >= 11 is 5.79. The van der Waals surface area contributed by atoms with Crippen LogP contribution in [0.2, 0.25) is 5.02 Å². The molecule has 2 aromatic carbocycles. The molecule has 30 heavy (non-hydrogen) atoms. The van der Waals surface area contributed by atoms with Gasteiger partial charge in [0.1, 0.15) is 5.82 Å².